The molecule has 3 aromatic heterocycles. The van der Waals surface area contributed by atoms with E-state index < -0.39 is 65.9 Å². The van der Waals surface area contributed by atoms with Crippen LogP contribution < -0.4 is 5.73 Å². The van der Waals surface area contributed by atoms with Gasteiger partial charge in [0.2, 0.25) is 5.79 Å². The molecule has 3 aliphatic heterocycles. The van der Waals surface area contributed by atoms with Crippen molar-refractivity contribution in [3.8, 4) is 11.4 Å². The number of aliphatic hydroxyl groups excluding tert-OH is 1. The fourth-order valence-corrected chi connectivity index (χ4v) is 17.8. The number of fused-ring (bicyclic) bond motifs is 5. The Bertz CT molecular complexity index is 4060. The number of aromatic amines is 1. The number of rotatable bonds is 40. The third-order valence-corrected chi connectivity index (χ3v) is 25.4. The lowest BCUT2D eigenvalue weighted by Gasteiger charge is -2.42. The number of amides is 1. The number of nitrogens with zero attached hydrogens (tertiary/aromatic N) is 5. The molecule has 0 radical (unpaired) electrons. The number of Topliss-reactive ketones (excluding diaryl/α,β-unsaturated/α-hetero) is 3. The largest absolute Gasteiger partial charge is 0.461 e. The molecule has 15 atom stereocenters. The Kier molecular flexibility index (Phi) is 50.2. The number of piperidine rings is 1. The molecule has 1 aromatic carbocycles. The van der Waals surface area contributed by atoms with Crippen molar-refractivity contribution in [1.29, 1.82) is 0 Å². The second-order valence-corrected chi connectivity index (χ2v) is 35.6. The Hall–Kier alpha value is -7.11. The van der Waals surface area contributed by atoms with E-state index in [9.17, 15) is 39.0 Å². The van der Waals surface area contributed by atoms with Gasteiger partial charge in [-0.1, -0.05) is 103 Å². The molecule has 2 saturated carbocycles. The van der Waals surface area contributed by atoms with Gasteiger partial charge in [0.1, 0.15) is 59.6 Å². The van der Waals surface area contributed by atoms with E-state index in [1.807, 2.05) is 68.7 Å². The quantitative estimate of drug-likeness (QED) is 0.0139. The number of ketones is 3. The summed E-state index contributed by atoms with van der Waals surface area (Å²) in [5.74, 6) is -4.65. The normalized spacial score (nSPS) is 27.9. The number of carbonyl (C=O) groups excluding carboxylic acids is 6. The van der Waals surface area contributed by atoms with Crippen LogP contribution in [0.1, 0.15) is 227 Å². The number of methoxy groups -OCH3 is 5. The topological polar surface area (TPSA) is 369 Å². The van der Waals surface area contributed by atoms with Gasteiger partial charge in [0.25, 0.3) is 11.7 Å². The maximum absolute atomic E-state index is 14.5. The summed E-state index contributed by atoms with van der Waals surface area (Å²) in [6, 6.07) is 7.29. The van der Waals surface area contributed by atoms with Crippen molar-refractivity contribution in [1.82, 2.24) is 29.5 Å². The molecule has 129 heavy (non-hydrogen) atoms. The van der Waals surface area contributed by atoms with Crippen molar-refractivity contribution >= 4 is 57.4 Å². The van der Waals surface area contributed by atoms with Crippen molar-refractivity contribution in [2.75, 3.05) is 154 Å². The Labute approximate surface area is 766 Å². The molecule has 0 unspecified atom stereocenters. The summed E-state index contributed by atoms with van der Waals surface area (Å²) in [7, 11) is 7.90. The van der Waals surface area contributed by atoms with Crippen molar-refractivity contribution in [2.24, 2.45) is 41.4 Å². The van der Waals surface area contributed by atoms with E-state index in [2.05, 4.69) is 67.0 Å². The van der Waals surface area contributed by atoms with E-state index in [1.54, 1.807) is 42.3 Å². The summed E-state index contributed by atoms with van der Waals surface area (Å²) < 4.78 is 85.4. The van der Waals surface area contributed by atoms with Gasteiger partial charge in [-0.3, -0.25) is 24.0 Å². The van der Waals surface area contributed by atoms with Crippen molar-refractivity contribution in [2.45, 2.75) is 277 Å². The molecule has 30 nitrogen and oxygen atoms in total. The van der Waals surface area contributed by atoms with Gasteiger partial charge in [-0.2, -0.15) is 5.10 Å². The average molecular weight is 1810 g/mol. The summed E-state index contributed by atoms with van der Waals surface area (Å²) in [5.41, 5.74) is 12.5. The number of nitrogens with two attached hydrogens (primary N) is 1. The number of para-hydroxylation sites is 1. The van der Waals surface area contributed by atoms with Crippen LogP contribution in [-0.2, 0) is 99.8 Å². The smallest absolute Gasteiger partial charge is 0.329 e. The third-order valence-electron chi connectivity index (χ3n) is 25.4. The molecule has 6 heterocycles. The Balaban J connectivity index is 0.000000321. The van der Waals surface area contributed by atoms with Crippen molar-refractivity contribution in [3.63, 3.8) is 0 Å². The fourth-order valence-electron chi connectivity index (χ4n) is 17.8. The Morgan fingerprint density at radius 2 is 1.31 bits per heavy atom. The highest BCUT2D eigenvalue weighted by Gasteiger charge is 2.53. The molecule has 30 heteroatoms. The number of ether oxygens (including phenoxy) is 15. The molecule has 2 aliphatic carbocycles. The lowest BCUT2D eigenvalue weighted by Crippen LogP contribution is -2.61. The van der Waals surface area contributed by atoms with Crippen LogP contribution in [0, 0.1) is 48.3 Å². The predicted molar refractivity (Wildman–Crippen MR) is 494 cm³/mol. The number of esters is 2. The van der Waals surface area contributed by atoms with Gasteiger partial charge in [-0.25, -0.2) is 19.3 Å². The minimum absolute atomic E-state index is 0.0552. The van der Waals surface area contributed by atoms with Gasteiger partial charge in [0.15, 0.2) is 11.6 Å². The summed E-state index contributed by atoms with van der Waals surface area (Å²) in [5, 5.41) is 29.2. The van der Waals surface area contributed by atoms with E-state index in [-0.39, 0.29) is 78.4 Å². The van der Waals surface area contributed by atoms with Gasteiger partial charge in [0, 0.05) is 122 Å². The number of cyclic esters (lactones) is 1. The fraction of sp³-hybridized carbons (Fsp3) is 0.727. The first-order chi connectivity index (χ1) is 62.2. The number of anilines is 1. The van der Waals surface area contributed by atoms with Crippen molar-refractivity contribution < 1.29 is 110 Å². The van der Waals surface area contributed by atoms with E-state index in [0.29, 0.717) is 200 Å². The highest BCUT2D eigenvalue weighted by Crippen LogP contribution is 2.42. The van der Waals surface area contributed by atoms with Crippen LogP contribution in [0.5, 0.6) is 0 Å². The number of carbonyl (C=O) groups is 6. The minimum atomic E-state index is -2.40. The number of allylic oxidation sites excluding steroid dienone is 6. The first-order valence-corrected chi connectivity index (χ1v) is 47.5. The zero-order valence-corrected chi connectivity index (χ0v) is 80.2. The molecule has 4 fully saturated rings. The lowest BCUT2D eigenvalue weighted by atomic mass is 9.78. The van der Waals surface area contributed by atoms with E-state index in [0.717, 1.165) is 104 Å². The van der Waals surface area contributed by atoms with Gasteiger partial charge in [-0.15, -0.1) is 0 Å². The van der Waals surface area contributed by atoms with Gasteiger partial charge in [0.05, 0.1) is 103 Å². The SMILES string of the molecule is CCCOCCOCCOCCOCCOCCOCCC.COCCCC(=O)O[C@@H]1CC[C@@H](C[C@@H](C)[C@@H]2CC[C@H](C)/C=C(\C)[C@@H](O)[C@@H](OC)C(=O)[C@H](C)C[C@H](C)/C=C/C=C/C=C(\C)[C@@H](OC)C[C@@H]3CC[C@@H](C)[C@@](O)(O3)C(=O)C(=O)N3CCCC[C@H]3C(=O)O2)C[C@H]1OC.COCCOCCCC(=O)C1CCC(c2nc(-c3cc4cccc(C)c4[nH]3)c3c(N)ncnn23)CC1. The number of nitrogens with one attached hydrogen (secondary N) is 1. The minimum Gasteiger partial charge on any atom is -0.461 e. The molecule has 5 N–H and O–H groups in total. The highest BCUT2D eigenvalue weighted by molar-refractivity contribution is 6.39. The van der Waals surface area contributed by atoms with Crippen LogP contribution in [0.2, 0.25) is 0 Å². The molecule has 0 spiro atoms. The first kappa shape index (κ1) is 109. The van der Waals surface area contributed by atoms with Gasteiger partial charge < -0.3 is 96.9 Å². The molecule has 9 rings (SSSR count). The highest BCUT2D eigenvalue weighted by atomic mass is 16.6. The number of aromatic nitrogens is 5. The molecule has 1 amide bonds. The number of aryl methyl sites for hydroxylation is 1. The molecule has 4 aromatic rings. The van der Waals surface area contributed by atoms with Crippen LogP contribution in [0.15, 0.2) is 78.2 Å². The molecular weight excluding hydrogens is 1660 g/mol. The molecule has 2 saturated heterocycles. The van der Waals surface area contributed by atoms with Crippen LogP contribution in [0.3, 0.4) is 0 Å². The number of H-pyrrole nitrogens is 1. The standard InChI is InChI=1S/C56H89NO14.C27H34N6O3.C16H34O6/c1-35-18-13-12-14-19-37(3)47(66-9)34-43-25-23-41(7)56(64,71-43)53(61)54(62)57-28-16-15-20-44(57)55(63)70-45(26-22-36(2)31-40(6)51(60)52(68-11)50(59)39(5)30-35)38(4)32-42-24-27-46(48(33-42)67-10)69-49(58)21-17-29-65-8;1-17-5-3-6-20-15-21(31-23(17)20)24-25-26(28)29-16-30-33(25)27(32-24)19-10-8-18(9-11-19)22(34)7-4-12-36-14-13-35-2;1-3-5-17-7-9-19-11-13-21-15-16-22-14-12-20-10-8-18-6-4-2/h12-14,18-19,31,35-36,38-39,41-48,51-52,60,64H,15-17,20-30,32-34H2,1-11H3;3,5-6,15-16,18-19,31H,4,7-14H2,1-2H3,(H2,28,29,30);3-16H2,1-2H3/b14-12+,18-13+,37-19+,40-31+;;/t35-,36+,38-,39-,41-,42+,43+,44+,45+,46-,47+,48-,51-,52+,56-;;/m1../s1. The Morgan fingerprint density at radius 3 is 1.94 bits per heavy atom. The first-order valence-electron chi connectivity index (χ1n) is 47.5. The van der Waals surface area contributed by atoms with E-state index >= 15 is 0 Å². The average Bonchev–Trinajstić information content (AvgIpc) is 1.73. The third kappa shape index (κ3) is 35.3. The predicted octanol–water partition coefficient (Wildman–Crippen LogP) is 14.3. The molecule has 5 aliphatic rings. The zero-order valence-electron chi connectivity index (χ0n) is 80.2. The number of benzene rings is 1. The number of nitrogen functional groups attached to an aromatic ring is 1. The number of aliphatic hydroxyl groups is 2. The second-order valence-electron chi connectivity index (χ2n) is 35.6. The maximum Gasteiger partial charge on any atom is 0.329 e. The van der Waals surface area contributed by atoms with E-state index in [1.165, 1.54) is 23.9 Å². The molecule has 2 bridgehead atoms. The van der Waals surface area contributed by atoms with Crippen molar-refractivity contribution in [3.05, 3.63) is 89.6 Å². The number of imidazole rings is 1. The molecular formula is C99H157N7O23. The van der Waals surface area contributed by atoms with Crippen LogP contribution in [0.25, 0.3) is 27.8 Å². The summed E-state index contributed by atoms with van der Waals surface area (Å²) in [6.45, 7) is 29.7. The van der Waals surface area contributed by atoms with Crippen LogP contribution in [-0.4, -0.2) is 277 Å². The van der Waals surface area contributed by atoms with Gasteiger partial charge >= 0.3 is 11.9 Å². The number of hydrogen-bond donors (Lipinski definition) is 4. The molecule has 726 valence electrons. The monoisotopic (exact) mass is 1810 g/mol. The van der Waals surface area contributed by atoms with Gasteiger partial charge in [-0.05, 0) is 196 Å². The van der Waals surface area contributed by atoms with Crippen LogP contribution in [0.4, 0.5) is 5.82 Å². The lowest BCUT2D eigenvalue weighted by molar-refractivity contribution is -0.265. The zero-order chi connectivity index (χ0) is 93.6. The summed E-state index contributed by atoms with van der Waals surface area (Å²) in [4.78, 5) is 96.4. The Morgan fingerprint density at radius 1 is 0.667 bits per heavy atom. The van der Waals surface area contributed by atoms with E-state index in [4.69, 9.17) is 81.8 Å². The maximum atomic E-state index is 14.5. The van der Waals surface area contributed by atoms with Crippen LogP contribution >= 0.6 is 0 Å². The number of hydrogen-bond acceptors (Lipinski definition) is 27. The summed E-state index contributed by atoms with van der Waals surface area (Å²) >= 11 is 0. The summed E-state index contributed by atoms with van der Waals surface area (Å²) in [6.07, 6.45) is 23.5. The second kappa shape index (κ2) is 59.5.